The first kappa shape index (κ1) is 86.2. The summed E-state index contributed by atoms with van der Waals surface area (Å²) in [6.07, 6.45) is 30.6. The summed E-state index contributed by atoms with van der Waals surface area (Å²) < 4.78 is 58.4. The summed E-state index contributed by atoms with van der Waals surface area (Å²) in [4.78, 5) is 55.6. The van der Waals surface area contributed by atoms with Crippen molar-refractivity contribution in [1.29, 1.82) is 0 Å². The lowest BCUT2D eigenvalue weighted by atomic mass is 9.91. The molecule has 8 atom stereocenters. The van der Waals surface area contributed by atoms with Gasteiger partial charge in [-0.1, -0.05) is 98.4 Å². The van der Waals surface area contributed by atoms with E-state index in [0.717, 1.165) is 122 Å². The minimum Gasteiger partial charge on any atom is -0.368 e. The van der Waals surface area contributed by atoms with Crippen LogP contribution in [0.2, 0.25) is 0 Å². The molecule has 0 unspecified atom stereocenters. The van der Waals surface area contributed by atoms with Crippen LogP contribution in [0, 0.1) is 23.3 Å². The van der Waals surface area contributed by atoms with Crippen molar-refractivity contribution in [2.45, 2.75) is 190 Å². The molecule has 0 radical (unpaired) electrons. The molecule has 28 nitrogen and oxygen atoms in total. The fourth-order valence-electron chi connectivity index (χ4n) is 13.9. The van der Waals surface area contributed by atoms with Crippen LogP contribution in [-0.2, 0) is 0 Å². The van der Waals surface area contributed by atoms with Crippen LogP contribution in [0.25, 0.3) is 0 Å². The first-order chi connectivity index (χ1) is 58.3. The van der Waals surface area contributed by atoms with E-state index in [1.807, 2.05) is 48.5 Å². The molecular weight excluding hydrogens is 1610 g/mol. The average molecular weight is 1700 g/mol. The van der Waals surface area contributed by atoms with Crippen molar-refractivity contribution < 1.29 is 17.6 Å². The molecule has 16 rings (SSSR count). The number of anilines is 16. The lowest BCUT2D eigenvalue weighted by molar-refractivity contribution is 0.403. The highest BCUT2D eigenvalue weighted by atomic mass is 32.2. The predicted octanol–water partition coefficient (Wildman–Crippen LogP) is 16.7. The number of hydrogen-bond acceptors (Lipinski definition) is 32. The Kier molecular flexibility index (Phi) is 30.8. The van der Waals surface area contributed by atoms with Gasteiger partial charge in [-0.3, -0.25) is 19.9 Å². The number of nitrogens with zero attached hydrogens (tertiary/aromatic N) is 12. The molecule has 4 fully saturated rings. The van der Waals surface area contributed by atoms with Crippen LogP contribution < -0.4 is 88.4 Å². The zero-order chi connectivity index (χ0) is 83.7. The number of pyridine rings is 4. The van der Waals surface area contributed by atoms with Crippen molar-refractivity contribution in [1.82, 2.24) is 59.8 Å². The summed E-state index contributed by atoms with van der Waals surface area (Å²) in [5, 5.41) is 25.9. The molecule has 0 spiro atoms. The molecule has 120 heavy (non-hydrogen) atoms. The van der Waals surface area contributed by atoms with Gasteiger partial charge < -0.3 is 88.4 Å². The molecule has 4 saturated carbocycles. The molecule has 12 aromatic rings. The number of nitrogens with one attached hydrogen (secondary N) is 8. The van der Waals surface area contributed by atoms with Gasteiger partial charge in [0.1, 0.15) is 69.8 Å². The highest BCUT2D eigenvalue weighted by molar-refractivity contribution is 8.00. The van der Waals surface area contributed by atoms with Crippen LogP contribution in [0.3, 0.4) is 0 Å². The molecule has 36 heteroatoms. The average Bonchev–Trinajstić information content (AvgIpc) is 0.842. The Morgan fingerprint density at radius 2 is 0.442 bits per heavy atom. The minimum atomic E-state index is -0.324. The van der Waals surface area contributed by atoms with Gasteiger partial charge in [0.25, 0.3) is 0 Å². The van der Waals surface area contributed by atoms with Crippen molar-refractivity contribution >= 4 is 140 Å². The summed E-state index contributed by atoms with van der Waals surface area (Å²) in [5.74, 6) is 3.64. The number of nitrogens with two attached hydrogens (primary N) is 8. The number of benzene rings is 4. The SMILES string of the molecule is Nc1nc(Nc2ccc(Sc3ccncc3)c(F)c2)cc(N[C@@H]2CCCC[C@@H]2N)n1.Nc1nc(Nc2ccc(Sc3ccncc3)c(F)c2)cc(N[C@@H]2CCCC[C@H]2N)n1.Nc1nc(Nc2ccc(Sc3ccncc3)c(F)c2)cc(N[C@@H]2CCCC[C@H]2N)n1.Nc1nc(Nc2ccc(Sc3ccncc3)c(F)c2)cc(N[C@H]2CCCC[C@@H]2N)n1. The third kappa shape index (κ3) is 26.2. The van der Waals surface area contributed by atoms with Crippen LogP contribution in [0.1, 0.15) is 103 Å². The molecule has 4 aliphatic carbocycles. The summed E-state index contributed by atoms with van der Waals surface area (Å²) in [6, 6.07) is 42.6. The fourth-order valence-corrected chi connectivity index (χ4v) is 17.1. The van der Waals surface area contributed by atoms with E-state index in [4.69, 9.17) is 45.9 Å². The van der Waals surface area contributed by atoms with Crippen molar-refractivity contribution in [2.24, 2.45) is 22.9 Å². The van der Waals surface area contributed by atoms with Crippen molar-refractivity contribution in [3.05, 3.63) is 218 Å². The maximum absolute atomic E-state index is 14.6. The van der Waals surface area contributed by atoms with E-state index >= 15 is 0 Å². The summed E-state index contributed by atoms with van der Waals surface area (Å²) in [7, 11) is 0. The number of nitrogen functional groups attached to an aromatic ring is 4. The first-order valence-corrected chi connectivity index (χ1v) is 42.8. The lowest BCUT2D eigenvalue weighted by Gasteiger charge is -2.29. The van der Waals surface area contributed by atoms with Gasteiger partial charge in [-0.15, -0.1) is 0 Å². The summed E-state index contributed by atoms with van der Waals surface area (Å²) >= 11 is 5.37. The van der Waals surface area contributed by atoms with Crippen molar-refractivity contribution in [2.75, 3.05) is 65.5 Å². The van der Waals surface area contributed by atoms with Crippen molar-refractivity contribution in [3.8, 4) is 0 Å². The molecule has 0 bridgehead atoms. The normalized spacial score (nSPS) is 18.7. The third-order valence-corrected chi connectivity index (χ3v) is 24.1. The van der Waals surface area contributed by atoms with Gasteiger partial charge >= 0.3 is 0 Å². The maximum Gasteiger partial charge on any atom is 0.223 e. The zero-order valence-electron chi connectivity index (χ0n) is 65.5. The Morgan fingerprint density at radius 3 is 0.633 bits per heavy atom. The number of aromatic nitrogens is 12. The molecule has 8 aromatic heterocycles. The van der Waals surface area contributed by atoms with Gasteiger partial charge in [-0.2, -0.15) is 39.9 Å². The Balaban J connectivity index is 0.000000138. The molecule has 0 saturated heterocycles. The second kappa shape index (κ2) is 42.8. The van der Waals surface area contributed by atoms with E-state index in [9.17, 15) is 17.6 Å². The number of rotatable bonds is 24. The lowest BCUT2D eigenvalue weighted by Crippen LogP contribution is -2.42. The molecule has 8 heterocycles. The van der Waals surface area contributed by atoms with Gasteiger partial charge in [-0.05, 0) is 173 Å². The third-order valence-electron chi connectivity index (χ3n) is 19.9. The van der Waals surface area contributed by atoms with Crippen molar-refractivity contribution in [3.63, 3.8) is 0 Å². The maximum atomic E-state index is 14.6. The van der Waals surface area contributed by atoms with E-state index in [1.165, 1.54) is 71.3 Å². The second-order valence-electron chi connectivity index (χ2n) is 29.0. The summed E-state index contributed by atoms with van der Waals surface area (Å²) in [6.45, 7) is 0. The van der Waals surface area contributed by atoms with Crippen LogP contribution in [0.4, 0.5) is 111 Å². The molecular formula is C84H96F4N28S4. The molecule has 24 N–H and O–H groups in total. The van der Waals surface area contributed by atoms with Gasteiger partial charge in [0.2, 0.25) is 23.8 Å². The van der Waals surface area contributed by atoms with Gasteiger partial charge in [0.05, 0.1) is 0 Å². The van der Waals surface area contributed by atoms with E-state index in [2.05, 4.69) is 102 Å². The van der Waals surface area contributed by atoms with E-state index in [1.54, 1.807) is 122 Å². The summed E-state index contributed by atoms with van der Waals surface area (Å²) in [5.41, 5.74) is 50.7. The number of hydrogen-bond donors (Lipinski definition) is 16. The quantitative estimate of drug-likeness (QED) is 0.0250. The van der Waals surface area contributed by atoms with Crippen LogP contribution >= 0.6 is 47.0 Å². The first-order valence-electron chi connectivity index (χ1n) is 39.5. The minimum absolute atomic E-state index is 0.0888. The van der Waals surface area contributed by atoms with Gasteiger partial charge in [0, 0.05) is 184 Å². The monoisotopic (exact) mass is 1700 g/mol. The van der Waals surface area contributed by atoms with E-state index in [0.29, 0.717) is 88.9 Å². The molecule has 0 aliphatic heterocycles. The zero-order valence-corrected chi connectivity index (χ0v) is 68.8. The topological polar surface area (TPSA) is 459 Å². The Labute approximate surface area is 710 Å². The second-order valence-corrected chi connectivity index (χ2v) is 33.5. The molecule has 4 aliphatic rings. The van der Waals surface area contributed by atoms with E-state index in [-0.39, 0.29) is 95.4 Å². The van der Waals surface area contributed by atoms with Gasteiger partial charge in [0.15, 0.2) is 0 Å². The Bertz CT molecular complexity index is 4660. The van der Waals surface area contributed by atoms with Crippen LogP contribution in [-0.4, -0.2) is 108 Å². The van der Waals surface area contributed by atoms with Gasteiger partial charge in [-0.25, -0.2) is 17.6 Å². The fraction of sp³-hybridized carbons (Fsp3) is 0.286. The highest BCUT2D eigenvalue weighted by Gasteiger charge is 2.27. The molecule has 4 aromatic carbocycles. The standard InChI is InChI=1S/4C21H24FN7S/c4*22-15-11-13(5-6-18(15)30-14-7-9-25-10-8-14)26-19-12-20(29-21(24)28-19)27-17-4-2-1-3-16(17)23/h4*5-12,16-17H,1-4,23H2,(H4,24,26,27,28,29)/t16-,17+;3*16-,17-/m0110/s1. The van der Waals surface area contributed by atoms with Crippen LogP contribution in [0.15, 0.2) is 234 Å². The van der Waals surface area contributed by atoms with E-state index < -0.39 is 0 Å². The Hall–Kier alpha value is -11.6. The molecule has 624 valence electrons. The Morgan fingerprint density at radius 1 is 0.250 bits per heavy atom. The smallest absolute Gasteiger partial charge is 0.223 e. The number of halogens is 4. The largest absolute Gasteiger partial charge is 0.368 e. The van der Waals surface area contributed by atoms with Crippen LogP contribution in [0.5, 0.6) is 0 Å². The predicted molar refractivity (Wildman–Crippen MR) is 473 cm³/mol. The highest BCUT2D eigenvalue weighted by Crippen LogP contribution is 2.38. The molecule has 0 amide bonds.